The van der Waals surface area contributed by atoms with Gasteiger partial charge in [-0.05, 0) is 12.1 Å². The lowest BCUT2D eigenvalue weighted by Gasteiger charge is -2.12. The van der Waals surface area contributed by atoms with Crippen LogP contribution in [0.2, 0.25) is 5.02 Å². The summed E-state index contributed by atoms with van der Waals surface area (Å²) < 4.78 is 10.3. The summed E-state index contributed by atoms with van der Waals surface area (Å²) in [7, 11) is 0. The topological polar surface area (TPSA) is 64.6 Å². The highest BCUT2D eigenvalue weighted by molar-refractivity contribution is 6.32. The first-order valence-corrected chi connectivity index (χ1v) is 5.39. The van der Waals surface area contributed by atoms with Crippen molar-refractivity contribution in [1.82, 2.24) is 5.32 Å². The number of para-hydroxylation sites is 1. The van der Waals surface area contributed by atoms with Crippen LogP contribution in [0.5, 0.6) is 5.75 Å². The summed E-state index contributed by atoms with van der Waals surface area (Å²) in [6.45, 7) is 0.545. The molecule has 1 aromatic rings. The average Bonchev–Trinajstić information content (AvgIpc) is 2.73. The van der Waals surface area contributed by atoms with E-state index in [1.807, 2.05) is 0 Å². The Kier molecular flexibility index (Phi) is 3.49. The summed E-state index contributed by atoms with van der Waals surface area (Å²) in [6, 6.07) is 4.89. The molecule has 17 heavy (non-hydrogen) atoms. The molecule has 6 heteroatoms. The van der Waals surface area contributed by atoms with Crippen molar-refractivity contribution in [2.45, 2.75) is 6.10 Å². The van der Waals surface area contributed by atoms with Gasteiger partial charge >= 0.3 is 6.09 Å². The molecular weight excluding hydrogens is 246 g/mol. The lowest BCUT2D eigenvalue weighted by molar-refractivity contribution is 0.102. The first-order valence-electron chi connectivity index (χ1n) is 5.01. The number of amides is 1. The molecule has 1 aliphatic rings. The zero-order valence-electron chi connectivity index (χ0n) is 8.81. The number of benzene rings is 1. The molecule has 1 aromatic carbocycles. The van der Waals surface area contributed by atoms with Gasteiger partial charge in [-0.25, -0.2) is 4.79 Å². The van der Waals surface area contributed by atoms with Gasteiger partial charge in [-0.15, -0.1) is 0 Å². The van der Waals surface area contributed by atoms with Gasteiger partial charge in [0.15, 0.2) is 12.4 Å². The van der Waals surface area contributed by atoms with Crippen LogP contribution in [-0.4, -0.2) is 31.6 Å². The minimum absolute atomic E-state index is 0.156. The average molecular weight is 256 g/mol. The largest absolute Gasteiger partial charge is 0.487 e. The van der Waals surface area contributed by atoms with Crippen molar-refractivity contribution < 1.29 is 19.1 Å². The van der Waals surface area contributed by atoms with E-state index in [9.17, 15) is 9.59 Å². The maximum Gasteiger partial charge on any atom is 0.407 e. The van der Waals surface area contributed by atoms with Crippen molar-refractivity contribution in [3.05, 3.63) is 28.8 Å². The smallest absolute Gasteiger partial charge is 0.407 e. The van der Waals surface area contributed by atoms with E-state index in [0.717, 1.165) is 0 Å². The van der Waals surface area contributed by atoms with Gasteiger partial charge in [0.1, 0.15) is 12.4 Å². The molecular formula is C11H10ClNO4. The summed E-state index contributed by atoms with van der Waals surface area (Å²) in [5, 5.41) is 2.86. The number of hydrogen-bond acceptors (Lipinski definition) is 4. The zero-order chi connectivity index (χ0) is 12.3. The molecule has 0 radical (unpaired) electrons. The highest BCUT2D eigenvalue weighted by Gasteiger charge is 2.23. The number of aldehydes is 1. The van der Waals surface area contributed by atoms with E-state index >= 15 is 0 Å². The molecule has 0 saturated carbocycles. The summed E-state index contributed by atoms with van der Waals surface area (Å²) in [5.41, 5.74) is 0.370. The lowest BCUT2D eigenvalue weighted by atomic mass is 10.2. The Balaban J connectivity index is 2.03. The van der Waals surface area contributed by atoms with E-state index in [4.69, 9.17) is 21.1 Å². The molecule has 1 unspecified atom stereocenters. The molecule has 1 aliphatic heterocycles. The number of rotatable bonds is 4. The second kappa shape index (κ2) is 5.05. The Morgan fingerprint density at radius 1 is 1.59 bits per heavy atom. The molecule has 0 spiro atoms. The molecule has 1 heterocycles. The summed E-state index contributed by atoms with van der Waals surface area (Å²) in [5.74, 6) is 0.312. The second-order valence-electron chi connectivity index (χ2n) is 3.50. The quantitative estimate of drug-likeness (QED) is 0.831. The minimum Gasteiger partial charge on any atom is -0.487 e. The highest BCUT2D eigenvalue weighted by atomic mass is 35.5. The summed E-state index contributed by atoms with van der Waals surface area (Å²) >= 11 is 5.92. The monoisotopic (exact) mass is 255 g/mol. The van der Waals surface area contributed by atoms with E-state index in [2.05, 4.69) is 5.32 Å². The van der Waals surface area contributed by atoms with E-state index in [1.165, 1.54) is 0 Å². The van der Waals surface area contributed by atoms with E-state index < -0.39 is 6.09 Å². The fraction of sp³-hybridized carbons (Fsp3) is 0.273. The van der Waals surface area contributed by atoms with Crippen molar-refractivity contribution >= 4 is 24.0 Å². The number of ether oxygens (including phenoxy) is 2. The number of nitrogens with one attached hydrogen (secondary N) is 1. The van der Waals surface area contributed by atoms with E-state index in [0.29, 0.717) is 29.2 Å². The summed E-state index contributed by atoms with van der Waals surface area (Å²) in [4.78, 5) is 21.6. The van der Waals surface area contributed by atoms with Gasteiger partial charge in [0.2, 0.25) is 0 Å². The van der Waals surface area contributed by atoms with Crippen LogP contribution in [0.4, 0.5) is 4.79 Å². The Hall–Kier alpha value is -1.75. The van der Waals surface area contributed by atoms with Crippen molar-refractivity contribution in [3.63, 3.8) is 0 Å². The molecule has 1 atom stereocenters. The molecule has 1 fully saturated rings. The fourth-order valence-electron chi connectivity index (χ4n) is 1.47. The Bertz CT molecular complexity index is 449. The molecule has 0 aliphatic carbocycles. The predicted molar refractivity (Wildman–Crippen MR) is 60.6 cm³/mol. The first kappa shape index (κ1) is 11.7. The molecule has 0 bridgehead atoms. The molecule has 0 aromatic heterocycles. The third-order valence-electron chi connectivity index (χ3n) is 2.29. The van der Waals surface area contributed by atoms with Gasteiger partial charge in [0.05, 0.1) is 17.1 Å². The molecule has 5 nitrogen and oxygen atoms in total. The second-order valence-corrected chi connectivity index (χ2v) is 3.90. The number of alkyl carbamates (subject to hydrolysis) is 1. The van der Waals surface area contributed by atoms with Gasteiger partial charge in [-0.1, -0.05) is 17.7 Å². The van der Waals surface area contributed by atoms with Gasteiger partial charge in [-0.3, -0.25) is 4.79 Å². The number of halogens is 1. The third-order valence-corrected chi connectivity index (χ3v) is 2.58. The lowest BCUT2D eigenvalue weighted by Crippen LogP contribution is -2.22. The normalized spacial score (nSPS) is 18.4. The van der Waals surface area contributed by atoms with Gasteiger partial charge in [0.25, 0.3) is 0 Å². The zero-order valence-corrected chi connectivity index (χ0v) is 9.57. The summed E-state index contributed by atoms with van der Waals surface area (Å²) in [6.07, 6.45) is -0.160. The maximum absolute atomic E-state index is 10.8. The van der Waals surface area contributed by atoms with Gasteiger partial charge in [-0.2, -0.15) is 0 Å². The van der Waals surface area contributed by atoms with Gasteiger partial charge < -0.3 is 14.8 Å². The molecule has 1 N–H and O–H groups in total. The van der Waals surface area contributed by atoms with Crippen LogP contribution >= 0.6 is 11.6 Å². The Labute approximate surface area is 103 Å². The van der Waals surface area contributed by atoms with Crippen LogP contribution < -0.4 is 10.1 Å². The van der Waals surface area contributed by atoms with Crippen LogP contribution in [-0.2, 0) is 4.74 Å². The molecule has 90 valence electrons. The maximum atomic E-state index is 10.8. The third kappa shape index (κ3) is 2.68. The van der Waals surface area contributed by atoms with Crippen LogP contribution in [0.25, 0.3) is 0 Å². The van der Waals surface area contributed by atoms with E-state index in [-0.39, 0.29) is 12.7 Å². The number of carbonyl (C=O) groups is 2. The van der Waals surface area contributed by atoms with Crippen molar-refractivity contribution in [3.8, 4) is 5.75 Å². The fourth-order valence-corrected chi connectivity index (χ4v) is 1.71. The molecule has 1 saturated heterocycles. The van der Waals surface area contributed by atoms with Crippen LogP contribution in [0.3, 0.4) is 0 Å². The number of carbonyl (C=O) groups excluding carboxylic acids is 2. The van der Waals surface area contributed by atoms with Crippen molar-refractivity contribution in [2.75, 3.05) is 13.2 Å². The molecule has 1 amide bonds. The SMILES string of the molecule is O=Cc1cccc(Cl)c1OCC1CNC(=O)O1. The number of hydrogen-bond donors (Lipinski definition) is 1. The Morgan fingerprint density at radius 3 is 3.06 bits per heavy atom. The van der Waals surface area contributed by atoms with Gasteiger partial charge in [0, 0.05) is 0 Å². The van der Waals surface area contributed by atoms with Crippen LogP contribution in [0.1, 0.15) is 10.4 Å². The van der Waals surface area contributed by atoms with E-state index in [1.54, 1.807) is 18.2 Å². The first-order chi connectivity index (χ1) is 8.20. The van der Waals surface area contributed by atoms with Crippen molar-refractivity contribution in [1.29, 1.82) is 0 Å². The number of cyclic esters (lactones) is 1. The highest BCUT2D eigenvalue weighted by Crippen LogP contribution is 2.27. The minimum atomic E-state index is -0.464. The predicted octanol–water partition coefficient (Wildman–Crippen LogP) is 1.64. The Morgan fingerprint density at radius 2 is 2.41 bits per heavy atom. The van der Waals surface area contributed by atoms with Crippen LogP contribution in [0, 0.1) is 0 Å². The van der Waals surface area contributed by atoms with Crippen LogP contribution in [0.15, 0.2) is 18.2 Å². The standard InChI is InChI=1S/C11H10ClNO4/c12-9-3-1-2-7(5-14)10(9)16-6-8-4-13-11(15)17-8/h1-3,5,8H,4,6H2,(H,13,15). The molecule has 2 rings (SSSR count). The van der Waals surface area contributed by atoms with Crippen molar-refractivity contribution in [2.24, 2.45) is 0 Å².